The molecule has 4 fully saturated rings. The summed E-state index contributed by atoms with van der Waals surface area (Å²) in [7, 11) is 4.12. The Bertz CT molecular complexity index is 2050. The molecular weight excluding hydrogens is 572 g/mol. The lowest BCUT2D eigenvalue weighted by atomic mass is 9.79. The van der Waals surface area contributed by atoms with Gasteiger partial charge in [-0.05, 0) is 85.1 Å². The molecule has 4 aliphatic rings. The summed E-state index contributed by atoms with van der Waals surface area (Å²) in [4.78, 5) is 14.6. The van der Waals surface area contributed by atoms with Crippen molar-refractivity contribution in [3.63, 3.8) is 0 Å². The van der Waals surface area contributed by atoms with E-state index >= 15 is 4.39 Å². The monoisotopic (exact) mass is 607 g/mol. The van der Waals surface area contributed by atoms with Crippen LogP contribution in [0.5, 0.6) is 5.75 Å². The summed E-state index contributed by atoms with van der Waals surface area (Å²) >= 11 is 0. The molecule has 2 aromatic heterocycles. The minimum atomic E-state index is -0.537. The van der Waals surface area contributed by atoms with Crippen LogP contribution in [0.1, 0.15) is 37.2 Å². The van der Waals surface area contributed by atoms with Crippen molar-refractivity contribution < 1.29 is 13.9 Å². The molecule has 5 aromatic rings. The SMILES string of the molecule is CCc1nc2c(N3CC(N(C)C)C3)nc3c(F)c(-c4cc(O)cc5ccc(F)cc45)c(CCC#N)cc3c2n1C1C2CNC1C2. The highest BCUT2D eigenvalue weighted by atomic mass is 19.1. The summed E-state index contributed by atoms with van der Waals surface area (Å²) in [5.41, 5.74) is 3.12. The van der Waals surface area contributed by atoms with E-state index in [1.807, 2.05) is 6.07 Å². The van der Waals surface area contributed by atoms with Crippen molar-refractivity contribution in [2.45, 2.75) is 50.7 Å². The lowest BCUT2D eigenvalue weighted by molar-refractivity contribution is 0.221. The van der Waals surface area contributed by atoms with Gasteiger partial charge in [0, 0.05) is 55.5 Å². The van der Waals surface area contributed by atoms with Gasteiger partial charge >= 0.3 is 0 Å². The van der Waals surface area contributed by atoms with Crippen molar-refractivity contribution in [2.75, 3.05) is 38.6 Å². The largest absolute Gasteiger partial charge is 0.508 e. The maximum atomic E-state index is 17.4. The number of rotatable bonds is 7. The fraction of sp³-hybridized carbons (Fsp3) is 0.400. The van der Waals surface area contributed by atoms with Gasteiger partial charge in [-0.2, -0.15) is 5.26 Å². The first-order valence-electron chi connectivity index (χ1n) is 15.8. The van der Waals surface area contributed by atoms with Crippen LogP contribution in [0, 0.1) is 28.9 Å². The van der Waals surface area contributed by atoms with E-state index in [9.17, 15) is 14.8 Å². The minimum Gasteiger partial charge on any atom is -0.508 e. The number of anilines is 1. The van der Waals surface area contributed by atoms with Crippen LogP contribution >= 0.6 is 0 Å². The molecule has 0 radical (unpaired) electrons. The molecule has 3 unspecified atom stereocenters. The number of benzene rings is 3. The number of hydrogen-bond acceptors (Lipinski definition) is 7. The first kappa shape index (κ1) is 28.2. The molecule has 3 aliphatic heterocycles. The normalized spacial score (nSPS) is 21.2. The predicted octanol–water partition coefficient (Wildman–Crippen LogP) is 5.69. The van der Waals surface area contributed by atoms with Gasteiger partial charge in [0.25, 0.3) is 0 Å². The Labute approximate surface area is 259 Å². The summed E-state index contributed by atoms with van der Waals surface area (Å²) in [5.74, 6) is 1.08. The molecule has 3 atom stereocenters. The summed E-state index contributed by atoms with van der Waals surface area (Å²) in [6, 6.07) is 12.4. The van der Waals surface area contributed by atoms with Crippen molar-refractivity contribution in [1.82, 2.24) is 24.8 Å². The van der Waals surface area contributed by atoms with Gasteiger partial charge in [-0.15, -0.1) is 0 Å². The van der Waals surface area contributed by atoms with Crippen LogP contribution in [0.3, 0.4) is 0 Å². The number of fused-ring (bicyclic) bond motifs is 5. The summed E-state index contributed by atoms with van der Waals surface area (Å²) < 4.78 is 34.3. The van der Waals surface area contributed by atoms with Crippen molar-refractivity contribution in [2.24, 2.45) is 5.92 Å². The van der Waals surface area contributed by atoms with Crippen LogP contribution in [-0.2, 0) is 12.8 Å². The summed E-state index contributed by atoms with van der Waals surface area (Å²) in [6.07, 6.45) is 2.31. The number of halogens is 2. The molecular formula is C35H35F2N7O. The number of pyridine rings is 1. The first-order chi connectivity index (χ1) is 21.8. The first-order valence-corrected chi connectivity index (χ1v) is 15.8. The summed E-state index contributed by atoms with van der Waals surface area (Å²) in [5, 5.41) is 25.6. The molecule has 230 valence electrons. The molecule has 1 saturated carbocycles. The number of nitrogens with one attached hydrogen (secondary N) is 1. The van der Waals surface area contributed by atoms with E-state index in [1.54, 1.807) is 12.1 Å². The quantitative estimate of drug-likeness (QED) is 0.246. The van der Waals surface area contributed by atoms with Gasteiger partial charge in [0.2, 0.25) is 0 Å². The second-order valence-electron chi connectivity index (χ2n) is 13.0. The third kappa shape index (κ3) is 4.21. The molecule has 0 amide bonds. The zero-order valence-electron chi connectivity index (χ0n) is 25.6. The Morgan fingerprint density at radius 2 is 1.91 bits per heavy atom. The van der Waals surface area contributed by atoms with Crippen LogP contribution in [0.4, 0.5) is 14.6 Å². The average Bonchev–Trinajstić information content (AvgIpc) is 3.72. The molecule has 5 heterocycles. The molecule has 3 aromatic carbocycles. The predicted molar refractivity (Wildman–Crippen MR) is 171 cm³/mol. The number of likely N-dealkylation sites (N-methyl/N-ethyl adjacent to an activating group) is 1. The van der Waals surface area contributed by atoms with E-state index < -0.39 is 11.6 Å². The molecule has 0 spiro atoms. The maximum Gasteiger partial charge on any atom is 0.157 e. The van der Waals surface area contributed by atoms with Gasteiger partial charge in [-0.3, -0.25) is 0 Å². The standard InChI is InChI=1S/C35H35F2N7O/c1-4-28-40-32-34(44(28)33-20-12-27(33)39-15-20)26-11-19(6-5-9-38)29(25-14-23(45)10-18-7-8-21(36)13-24(18)25)30(37)31(26)41-35(32)43-16-22(17-43)42(2)3/h7-8,10-11,13-14,20,22,27,33,39,45H,4-6,12,15-17H2,1-3H3. The second kappa shape index (κ2) is 10.4. The van der Waals surface area contributed by atoms with Gasteiger partial charge in [-0.1, -0.05) is 13.0 Å². The number of nitriles is 1. The van der Waals surface area contributed by atoms with Gasteiger partial charge in [0.1, 0.15) is 28.4 Å². The number of phenolic OH excluding ortho intramolecular Hbond substituents is 1. The number of hydrogen-bond donors (Lipinski definition) is 2. The smallest absolute Gasteiger partial charge is 0.157 e. The zero-order valence-corrected chi connectivity index (χ0v) is 25.6. The molecule has 45 heavy (non-hydrogen) atoms. The second-order valence-corrected chi connectivity index (χ2v) is 13.0. The molecule has 1 aliphatic carbocycles. The number of imidazole rings is 1. The van der Waals surface area contributed by atoms with E-state index in [-0.39, 0.29) is 35.7 Å². The number of aryl methyl sites for hydroxylation is 2. The minimum absolute atomic E-state index is 0.0483. The van der Waals surface area contributed by atoms with Crippen LogP contribution < -0.4 is 10.2 Å². The average molecular weight is 608 g/mol. The van der Waals surface area contributed by atoms with Gasteiger partial charge in [0.05, 0.1) is 17.6 Å². The van der Waals surface area contributed by atoms with Crippen molar-refractivity contribution in [3.8, 4) is 22.9 Å². The Morgan fingerprint density at radius 3 is 2.60 bits per heavy atom. The zero-order chi connectivity index (χ0) is 31.1. The third-order valence-electron chi connectivity index (χ3n) is 10.3. The molecule has 2 bridgehead atoms. The van der Waals surface area contributed by atoms with Crippen LogP contribution in [-0.4, -0.2) is 70.4 Å². The molecule has 9 rings (SSSR count). The highest BCUT2D eigenvalue weighted by Crippen LogP contribution is 2.49. The van der Waals surface area contributed by atoms with E-state index in [2.05, 4.69) is 46.8 Å². The number of aromatic nitrogens is 3. The van der Waals surface area contributed by atoms with Crippen LogP contribution in [0.2, 0.25) is 0 Å². The lowest BCUT2D eigenvalue weighted by Crippen LogP contribution is -2.57. The van der Waals surface area contributed by atoms with Crippen LogP contribution in [0.15, 0.2) is 36.4 Å². The maximum absolute atomic E-state index is 17.4. The van der Waals surface area contributed by atoms with Crippen LogP contribution in [0.25, 0.3) is 43.8 Å². The van der Waals surface area contributed by atoms with E-state index in [4.69, 9.17) is 9.97 Å². The van der Waals surface area contributed by atoms with E-state index in [0.29, 0.717) is 51.1 Å². The number of nitrogens with zero attached hydrogens (tertiary/aromatic N) is 6. The molecule has 10 heteroatoms. The Kier molecular flexibility index (Phi) is 6.48. The van der Waals surface area contributed by atoms with E-state index in [0.717, 1.165) is 49.3 Å². The Hall–Kier alpha value is -4.33. The third-order valence-corrected chi connectivity index (χ3v) is 10.3. The Morgan fingerprint density at radius 1 is 1.09 bits per heavy atom. The van der Waals surface area contributed by atoms with Crippen molar-refractivity contribution in [3.05, 3.63) is 59.4 Å². The van der Waals surface area contributed by atoms with Gasteiger partial charge in [-0.25, -0.2) is 18.7 Å². The Balaban J connectivity index is 1.46. The van der Waals surface area contributed by atoms with E-state index in [1.165, 1.54) is 18.2 Å². The summed E-state index contributed by atoms with van der Waals surface area (Å²) in [6.45, 7) is 4.58. The number of phenols is 1. The fourth-order valence-electron chi connectivity index (χ4n) is 7.82. The highest BCUT2D eigenvalue weighted by Gasteiger charge is 2.49. The van der Waals surface area contributed by atoms with Gasteiger partial charge in [0.15, 0.2) is 11.6 Å². The van der Waals surface area contributed by atoms with Crippen molar-refractivity contribution >= 4 is 38.5 Å². The molecule has 3 saturated heterocycles. The molecule has 8 nitrogen and oxygen atoms in total. The number of aromatic hydroxyl groups is 1. The fourth-order valence-corrected chi connectivity index (χ4v) is 7.82. The highest BCUT2D eigenvalue weighted by molar-refractivity contribution is 6.10. The topological polar surface area (TPSA) is 93.2 Å². The molecule has 2 N–H and O–H groups in total. The van der Waals surface area contributed by atoms with Gasteiger partial charge < -0.3 is 24.8 Å². The van der Waals surface area contributed by atoms with Crippen molar-refractivity contribution in [1.29, 1.82) is 5.26 Å². The lowest BCUT2D eigenvalue weighted by Gasteiger charge is -2.43.